The number of aromatic nitrogens is 1. The molecule has 1 unspecified atom stereocenters. The van der Waals surface area contributed by atoms with Gasteiger partial charge >= 0.3 is 5.76 Å². The summed E-state index contributed by atoms with van der Waals surface area (Å²) >= 11 is 0. The Morgan fingerprint density at radius 1 is 1.08 bits per heavy atom. The van der Waals surface area contributed by atoms with E-state index >= 15 is 0 Å². The fourth-order valence-corrected chi connectivity index (χ4v) is 5.70. The number of nitriles is 1. The monoisotopic (exact) mass is 522 g/mol. The molecule has 1 aliphatic heterocycles. The normalized spacial score (nSPS) is 17.1. The van der Waals surface area contributed by atoms with Crippen molar-refractivity contribution in [2.75, 3.05) is 13.1 Å². The Balaban J connectivity index is 1.31. The zero-order chi connectivity index (χ0) is 27.0. The zero-order valence-corrected chi connectivity index (χ0v) is 21.6. The quantitative estimate of drug-likeness (QED) is 0.349. The molecule has 3 aromatic carbocycles. The number of carbonyl (C=O) groups excluding carboxylic acids is 1. The maximum absolute atomic E-state index is 13.0. The Hall–Kier alpha value is -4.35. The lowest BCUT2D eigenvalue weighted by Crippen LogP contribution is -2.32. The van der Waals surface area contributed by atoms with E-state index in [9.17, 15) is 14.9 Å². The number of fused-ring (bicyclic) bond motifs is 1. The number of rotatable bonds is 9. The minimum atomic E-state index is -0.640. The first-order valence-electron chi connectivity index (χ1n) is 13.4. The molecule has 8 nitrogen and oxygen atoms in total. The van der Waals surface area contributed by atoms with Gasteiger partial charge in [-0.3, -0.25) is 14.3 Å². The molecule has 8 heteroatoms. The van der Waals surface area contributed by atoms with Gasteiger partial charge in [-0.25, -0.2) is 4.79 Å². The number of ether oxygens (including phenoxy) is 1. The van der Waals surface area contributed by atoms with Crippen LogP contribution in [0.4, 0.5) is 0 Å². The van der Waals surface area contributed by atoms with Gasteiger partial charge in [0, 0.05) is 6.54 Å². The summed E-state index contributed by atoms with van der Waals surface area (Å²) in [7, 11) is 0. The van der Waals surface area contributed by atoms with Crippen LogP contribution in [0.25, 0.3) is 11.1 Å². The molecule has 6 rings (SSSR count). The van der Waals surface area contributed by atoms with Crippen molar-refractivity contribution in [1.82, 2.24) is 9.47 Å². The van der Waals surface area contributed by atoms with E-state index in [1.54, 1.807) is 16.7 Å². The number of hydrogen-bond donors (Lipinski definition) is 1. The van der Waals surface area contributed by atoms with E-state index in [1.807, 2.05) is 48.5 Å². The van der Waals surface area contributed by atoms with Gasteiger partial charge in [0.25, 0.3) is 0 Å². The molecule has 1 aromatic heterocycles. The number of benzene rings is 3. The third-order valence-electron chi connectivity index (χ3n) is 8.08. The predicted octanol–water partition coefficient (Wildman–Crippen LogP) is 4.40. The fourth-order valence-electron chi connectivity index (χ4n) is 5.70. The first-order valence-corrected chi connectivity index (χ1v) is 13.4. The highest BCUT2D eigenvalue weighted by Gasteiger charge is 2.50. The molecule has 1 atom stereocenters. The maximum Gasteiger partial charge on any atom is 0.420 e. The van der Waals surface area contributed by atoms with Crippen molar-refractivity contribution in [1.29, 1.82) is 5.26 Å². The summed E-state index contributed by atoms with van der Waals surface area (Å²) in [4.78, 5) is 27.6. The number of likely N-dealkylation sites (tertiary alicyclic amines) is 1. The SMILES string of the molecule is N#Cc1cccc(COc2cccc(C(Cn3c(=O)oc4ccc(C5(C(N)=O)CC5)cc43)N3CCCC3)c2)c1. The summed E-state index contributed by atoms with van der Waals surface area (Å²) in [5, 5.41) is 9.17. The van der Waals surface area contributed by atoms with Crippen LogP contribution in [0.15, 0.2) is 75.9 Å². The molecular formula is C31H30N4O4. The molecule has 1 aliphatic carbocycles. The minimum Gasteiger partial charge on any atom is -0.489 e. The summed E-state index contributed by atoms with van der Waals surface area (Å²) in [5.41, 5.74) is 9.67. The van der Waals surface area contributed by atoms with E-state index in [2.05, 4.69) is 17.0 Å². The van der Waals surface area contributed by atoms with Gasteiger partial charge in [-0.1, -0.05) is 30.3 Å². The van der Waals surface area contributed by atoms with Gasteiger partial charge in [-0.2, -0.15) is 5.26 Å². The topological polar surface area (TPSA) is 114 Å². The van der Waals surface area contributed by atoms with E-state index in [1.165, 1.54) is 0 Å². The molecule has 198 valence electrons. The average molecular weight is 523 g/mol. The van der Waals surface area contributed by atoms with E-state index in [0.717, 1.165) is 61.2 Å². The number of primary amides is 1. The summed E-state index contributed by atoms with van der Waals surface area (Å²) in [6.07, 6.45) is 3.66. The lowest BCUT2D eigenvalue weighted by Gasteiger charge is -2.28. The van der Waals surface area contributed by atoms with Crippen LogP contribution in [0.1, 0.15) is 54.0 Å². The van der Waals surface area contributed by atoms with Crippen LogP contribution >= 0.6 is 0 Å². The smallest absolute Gasteiger partial charge is 0.420 e. The van der Waals surface area contributed by atoms with E-state index in [4.69, 9.17) is 14.9 Å². The maximum atomic E-state index is 13.0. The van der Waals surface area contributed by atoms with Gasteiger partial charge in [0.1, 0.15) is 12.4 Å². The average Bonchev–Trinajstić information content (AvgIpc) is 3.48. The molecule has 1 saturated carbocycles. The molecule has 1 amide bonds. The molecule has 39 heavy (non-hydrogen) atoms. The van der Waals surface area contributed by atoms with E-state index in [-0.39, 0.29) is 11.9 Å². The Bertz CT molecular complexity index is 1640. The lowest BCUT2D eigenvalue weighted by atomic mass is 9.95. The van der Waals surface area contributed by atoms with Gasteiger partial charge in [0.05, 0.1) is 28.6 Å². The highest BCUT2D eigenvalue weighted by molar-refractivity contribution is 5.91. The highest BCUT2D eigenvalue weighted by atomic mass is 16.5. The molecular weight excluding hydrogens is 492 g/mol. The fraction of sp³-hybridized carbons (Fsp3) is 0.323. The van der Waals surface area contributed by atoms with Crippen molar-refractivity contribution in [3.63, 3.8) is 0 Å². The van der Waals surface area contributed by atoms with Crippen LogP contribution < -0.4 is 16.2 Å². The van der Waals surface area contributed by atoms with Crippen molar-refractivity contribution in [2.24, 2.45) is 5.73 Å². The largest absolute Gasteiger partial charge is 0.489 e. The standard InChI is InChI=1S/C31H30N4O4/c32-18-21-5-3-6-22(15-21)20-38-25-8-4-7-23(16-25)27(34-13-1-2-14-34)19-35-26-17-24(31(11-12-31)29(33)36)9-10-28(26)39-30(35)37/h3-10,15-17,27H,1-2,11-14,19-20H2,(H2,33,36). The van der Waals surface area contributed by atoms with E-state index < -0.39 is 11.2 Å². The summed E-state index contributed by atoms with van der Waals surface area (Å²) in [6, 6.07) is 23.0. The van der Waals surface area contributed by atoms with Crippen molar-refractivity contribution < 1.29 is 13.9 Å². The molecule has 0 spiro atoms. The van der Waals surface area contributed by atoms with Crippen LogP contribution in [-0.2, 0) is 23.4 Å². The molecule has 1 saturated heterocycles. The van der Waals surface area contributed by atoms with Crippen LogP contribution in [0, 0.1) is 11.3 Å². The number of nitrogens with zero attached hydrogens (tertiary/aromatic N) is 3. The van der Waals surface area contributed by atoms with Crippen molar-refractivity contribution in [2.45, 2.75) is 50.3 Å². The third kappa shape index (κ3) is 4.82. The van der Waals surface area contributed by atoms with Gasteiger partial charge < -0.3 is 14.9 Å². The van der Waals surface area contributed by atoms with Gasteiger partial charge in [0.15, 0.2) is 5.58 Å². The second-order valence-electron chi connectivity index (χ2n) is 10.5. The lowest BCUT2D eigenvalue weighted by molar-refractivity contribution is -0.120. The number of carbonyl (C=O) groups is 1. The Morgan fingerprint density at radius 3 is 2.62 bits per heavy atom. The molecule has 0 radical (unpaired) electrons. The molecule has 0 bridgehead atoms. The van der Waals surface area contributed by atoms with Crippen molar-refractivity contribution in [3.05, 3.63) is 99.5 Å². The molecule has 2 fully saturated rings. The van der Waals surface area contributed by atoms with Crippen molar-refractivity contribution in [3.8, 4) is 11.8 Å². The van der Waals surface area contributed by atoms with Crippen LogP contribution in [-0.4, -0.2) is 28.5 Å². The van der Waals surface area contributed by atoms with Crippen LogP contribution in [0.5, 0.6) is 5.75 Å². The summed E-state index contributed by atoms with van der Waals surface area (Å²) < 4.78 is 13.4. The van der Waals surface area contributed by atoms with Gasteiger partial charge in [-0.05, 0) is 91.9 Å². The number of nitrogens with two attached hydrogens (primary N) is 1. The van der Waals surface area contributed by atoms with Gasteiger partial charge in [0.2, 0.25) is 5.91 Å². The number of amides is 1. The molecule has 2 N–H and O–H groups in total. The molecule has 2 heterocycles. The Morgan fingerprint density at radius 2 is 1.87 bits per heavy atom. The predicted molar refractivity (Wildman–Crippen MR) is 146 cm³/mol. The second-order valence-corrected chi connectivity index (χ2v) is 10.5. The second kappa shape index (κ2) is 10.1. The van der Waals surface area contributed by atoms with Crippen LogP contribution in [0.3, 0.4) is 0 Å². The summed E-state index contributed by atoms with van der Waals surface area (Å²) in [5.74, 6) is -0.0201. The minimum absolute atomic E-state index is 0.0638. The highest BCUT2D eigenvalue weighted by Crippen LogP contribution is 2.48. The Labute approximate surface area is 226 Å². The molecule has 2 aliphatic rings. The van der Waals surface area contributed by atoms with E-state index in [0.29, 0.717) is 29.8 Å². The number of hydrogen-bond acceptors (Lipinski definition) is 6. The number of oxazole rings is 1. The first kappa shape index (κ1) is 25.0. The molecule has 4 aromatic rings. The zero-order valence-electron chi connectivity index (χ0n) is 21.6. The third-order valence-corrected chi connectivity index (χ3v) is 8.08. The summed E-state index contributed by atoms with van der Waals surface area (Å²) in [6.45, 7) is 2.64. The Kier molecular flexibility index (Phi) is 6.45. The van der Waals surface area contributed by atoms with Crippen molar-refractivity contribution >= 4 is 17.0 Å². The first-order chi connectivity index (χ1) is 19.0. The van der Waals surface area contributed by atoms with Gasteiger partial charge in [-0.15, -0.1) is 0 Å². The van der Waals surface area contributed by atoms with Crippen LogP contribution in [0.2, 0.25) is 0 Å².